The summed E-state index contributed by atoms with van der Waals surface area (Å²) in [7, 11) is 1.79. The first-order valence-corrected chi connectivity index (χ1v) is 10.8. The van der Waals surface area contributed by atoms with Crippen LogP contribution in [-0.2, 0) is 11.2 Å². The molecule has 1 fully saturated rings. The van der Waals surface area contributed by atoms with Crippen LogP contribution in [0.25, 0.3) is 0 Å². The number of morpholine rings is 1. The van der Waals surface area contributed by atoms with E-state index >= 15 is 0 Å². The van der Waals surface area contributed by atoms with Crippen LogP contribution in [0, 0.1) is 6.92 Å². The van der Waals surface area contributed by atoms with Gasteiger partial charge in [-0.05, 0) is 18.6 Å². The topological polar surface area (TPSA) is 61.8 Å². The van der Waals surface area contributed by atoms with Crippen LogP contribution in [0.3, 0.4) is 0 Å². The number of hydrogen-bond acceptors (Lipinski definition) is 5. The van der Waals surface area contributed by atoms with Crippen molar-refractivity contribution in [3.05, 3.63) is 50.9 Å². The smallest absolute Gasteiger partial charge is 0.191 e. The lowest BCUT2D eigenvalue weighted by Gasteiger charge is -2.35. The number of thiazole rings is 1. The molecule has 0 aliphatic carbocycles. The molecule has 0 spiro atoms. The van der Waals surface area contributed by atoms with Gasteiger partial charge in [0.15, 0.2) is 5.96 Å². The highest BCUT2D eigenvalue weighted by molar-refractivity contribution is 7.11. The molecular formula is C20H28ClN5OS. The maximum absolute atomic E-state index is 6.50. The fourth-order valence-electron chi connectivity index (χ4n) is 3.29. The zero-order valence-corrected chi connectivity index (χ0v) is 18.0. The van der Waals surface area contributed by atoms with Crippen molar-refractivity contribution in [2.45, 2.75) is 19.4 Å². The number of aromatic nitrogens is 1. The van der Waals surface area contributed by atoms with Gasteiger partial charge in [-0.15, -0.1) is 11.3 Å². The van der Waals surface area contributed by atoms with Gasteiger partial charge in [0.2, 0.25) is 0 Å². The predicted octanol–water partition coefficient (Wildman–Crippen LogP) is 2.89. The van der Waals surface area contributed by atoms with Crippen LogP contribution >= 0.6 is 22.9 Å². The van der Waals surface area contributed by atoms with Gasteiger partial charge in [-0.2, -0.15) is 0 Å². The molecule has 6 nitrogen and oxygen atoms in total. The second-order valence-electron chi connectivity index (χ2n) is 6.68. The maximum Gasteiger partial charge on any atom is 0.191 e. The van der Waals surface area contributed by atoms with Crippen LogP contribution in [0.1, 0.15) is 21.5 Å². The second-order valence-corrected chi connectivity index (χ2v) is 8.41. The molecule has 0 bridgehead atoms. The number of hydrogen-bond donors (Lipinski definition) is 2. The molecule has 0 radical (unpaired) electrons. The Morgan fingerprint density at radius 3 is 2.79 bits per heavy atom. The first-order valence-electron chi connectivity index (χ1n) is 9.59. The number of nitrogens with zero attached hydrogens (tertiary/aromatic N) is 3. The molecule has 1 aromatic heterocycles. The lowest BCUT2D eigenvalue weighted by Crippen LogP contribution is -2.46. The van der Waals surface area contributed by atoms with Crippen molar-refractivity contribution >= 4 is 28.9 Å². The number of ether oxygens (including phenoxy) is 1. The number of guanidine groups is 1. The van der Waals surface area contributed by atoms with E-state index in [0.29, 0.717) is 0 Å². The molecule has 28 heavy (non-hydrogen) atoms. The van der Waals surface area contributed by atoms with Gasteiger partial charge < -0.3 is 15.4 Å². The fourth-order valence-corrected chi connectivity index (χ4v) is 4.34. The Hall–Kier alpha value is -1.67. The van der Waals surface area contributed by atoms with E-state index in [-0.39, 0.29) is 6.04 Å². The van der Waals surface area contributed by atoms with Gasteiger partial charge >= 0.3 is 0 Å². The van der Waals surface area contributed by atoms with Gasteiger partial charge in [0, 0.05) is 55.7 Å². The van der Waals surface area contributed by atoms with Crippen molar-refractivity contribution in [3.8, 4) is 0 Å². The van der Waals surface area contributed by atoms with Gasteiger partial charge in [0.25, 0.3) is 0 Å². The third kappa shape index (κ3) is 5.91. The Morgan fingerprint density at radius 2 is 2.11 bits per heavy atom. The standard InChI is InChI=1S/C20H28ClN5OS/c1-15-13-24-19(28-15)7-8-23-20(22-2)25-14-18(26-9-11-27-12-10-26)16-5-3-4-6-17(16)21/h3-6,13,18H,7-12,14H2,1-2H3,(H2,22,23,25). The van der Waals surface area contributed by atoms with E-state index in [1.54, 1.807) is 18.4 Å². The van der Waals surface area contributed by atoms with E-state index < -0.39 is 0 Å². The lowest BCUT2D eigenvalue weighted by atomic mass is 10.0. The molecule has 1 unspecified atom stereocenters. The minimum atomic E-state index is 0.165. The number of aryl methyl sites for hydroxylation is 1. The van der Waals surface area contributed by atoms with Crippen molar-refractivity contribution in [1.82, 2.24) is 20.5 Å². The van der Waals surface area contributed by atoms with E-state index in [4.69, 9.17) is 16.3 Å². The average molecular weight is 422 g/mol. The first-order chi connectivity index (χ1) is 13.7. The van der Waals surface area contributed by atoms with Crippen LogP contribution in [-0.4, -0.2) is 62.3 Å². The summed E-state index contributed by atoms with van der Waals surface area (Å²) < 4.78 is 5.52. The Labute approximate surface area is 176 Å². The number of aliphatic imine (C=N–C) groups is 1. The van der Waals surface area contributed by atoms with Gasteiger partial charge in [-0.1, -0.05) is 29.8 Å². The Morgan fingerprint density at radius 1 is 1.32 bits per heavy atom. The monoisotopic (exact) mass is 421 g/mol. The minimum absolute atomic E-state index is 0.165. The first kappa shape index (κ1) is 21.0. The number of benzene rings is 1. The van der Waals surface area contributed by atoms with E-state index in [9.17, 15) is 0 Å². The van der Waals surface area contributed by atoms with Gasteiger partial charge in [-0.3, -0.25) is 9.89 Å². The van der Waals surface area contributed by atoms with Gasteiger partial charge in [0.05, 0.1) is 24.3 Å². The third-order valence-electron chi connectivity index (χ3n) is 4.74. The molecule has 2 N–H and O–H groups in total. The van der Waals surface area contributed by atoms with E-state index in [1.807, 2.05) is 24.4 Å². The highest BCUT2D eigenvalue weighted by Crippen LogP contribution is 2.27. The van der Waals surface area contributed by atoms with Crippen molar-refractivity contribution in [1.29, 1.82) is 0 Å². The molecule has 3 rings (SSSR count). The van der Waals surface area contributed by atoms with Gasteiger partial charge in [-0.25, -0.2) is 4.98 Å². The van der Waals surface area contributed by atoms with E-state index in [2.05, 4.69) is 38.5 Å². The molecule has 1 atom stereocenters. The van der Waals surface area contributed by atoms with Crippen molar-refractivity contribution < 1.29 is 4.74 Å². The van der Waals surface area contributed by atoms with Crippen molar-refractivity contribution in [3.63, 3.8) is 0 Å². The summed E-state index contributed by atoms with van der Waals surface area (Å²) >= 11 is 8.24. The van der Waals surface area contributed by atoms with Crippen LogP contribution in [0.2, 0.25) is 5.02 Å². The molecule has 1 aliphatic heterocycles. The number of rotatable bonds is 7. The van der Waals surface area contributed by atoms with Gasteiger partial charge in [0.1, 0.15) is 0 Å². The highest BCUT2D eigenvalue weighted by atomic mass is 35.5. The number of halogens is 1. The summed E-state index contributed by atoms with van der Waals surface area (Å²) in [6.07, 6.45) is 2.81. The lowest BCUT2D eigenvalue weighted by molar-refractivity contribution is 0.0170. The minimum Gasteiger partial charge on any atom is -0.379 e. The summed E-state index contributed by atoms with van der Waals surface area (Å²) in [6.45, 7) is 6.89. The Kier molecular flexibility index (Phi) is 8.09. The molecule has 2 aromatic rings. The molecule has 1 aromatic carbocycles. The molecule has 1 aliphatic rings. The second kappa shape index (κ2) is 10.8. The average Bonchev–Trinajstić information content (AvgIpc) is 3.14. The molecule has 2 heterocycles. The summed E-state index contributed by atoms with van der Waals surface area (Å²) in [6, 6.07) is 8.23. The van der Waals surface area contributed by atoms with E-state index in [0.717, 1.165) is 67.4 Å². The molecule has 8 heteroatoms. The van der Waals surface area contributed by atoms with Crippen LogP contribution in [0.4, 0.5) is 0 Å². The Balaban J connectivity index is 1.58. The van der Waals surface area contributed by atoms with Crippen LogP contribution in [0.5, 0.6) is 0 Å². The highest BCUT2D eigenvalue weighted by Gasteiger charge is 2.24. The maximum atomic E-state index is 6.50. The van der Waals surface area contributed by atoms with Crippen molar-refractivity contribution in [2.75, 3.05) is 46.4 Å². The summed E-state index contributed by atoms with van der Waals surface area (Å²) in [5, 5.41) is 8.78. The third-order valence-corrected chi connectivity index (χ3v) is 6.05. The molecule has 152 valence electrons. The summed E-state index contributed by atoms with van der Waals surface area (Å²) in [5.41, 5.74) is 1.13. The molecule has 0 saturated carbocycles. The zero-order chi connectivity index (χ0) is 19.8. The molecule has 0 amide bonds. The SMILES string of the molecule is CN=C(NCCc1ncc(C)s1)NCC(c1ccccc1Cl)N1CCOCC1. The van der Waals surface area contributed by atoms with Crippen molar-refractivity contribution in [2.24, 2.45) is 4.99 Å². The predicted molar refractivity (Wildman–Crippen MR) is 117 cm³/mol. The quantitative estimate of drug-likeness (QED) is 0.531. The molecular weight excluding hydrogens is 394 g/mol. The number of nitrogens with one attached hydrogen (secondary N) is 2. The Bertz CT molecular complexity index is 775. The fraction of sp³-hybridized carbons (Fsp3) is 0.500. The largest absolute Gasteiger partial charge is 0.379 e. The van der Waals surface area contributed by atoms with Crippen LogP contribution in [0.15, 0.2) is 35.5 Å². The normalized spacial score (nSPS) is 16.8. The van der Waals surface area contributed by atoms with Crippen LogP contribution < -0.4 is 10.6 Å². The zero-order valence-electron chi connectivity index (χ0n) is 16.4. The summed E-state index contributed by atoms with van der Waals surface area (Å²) in [4.78, 5) is 12.4. The summed E-state index contributed by atoms with van der Waals surface area (Å²) in [5.74, 6) is 0.790. The molecule has 1 saturated heterocycles. The van der Waals surface area contributed by atoms with E-state index in [1.165, 1.54) is 4.88 Å².